The first-order valence-corrected chi connectivity index (χ1v) is 8.70. The number of nitrogens with one attached hydrogen (secondary N) is 2. The monoisotopic (exact) mass is 367 g/mol. The Morgan fingerprint density at radius 2 is 1.84 bits per heavy atom. The Balaban J connectivity index is 0.00000182. The number of hydrogen-bond donors (Lipinski definition) is 2. The Labute approximate surface area is 152 Å². The average Bonchev–Trinajstić information content (AvgIpc) is 2.91. The van der Waals surface area contributed by atoms with Gasteiger partial charge in [0.25, 0.3) is 0 Å². The van der Waals surface area contributed by atoms with E-state index in [-0.39, 0.29) is 30.6 Å². The number of hydrogen-bond acceptors (Lipinski definition) is 3. The molecule has 3 heterocycles. The fourth-order valence-electron chi connectivity index (χ4n) is 4.32. The number of halogens is 2. The standard InChI is InChI=1S/C18H22FN3O2.ClH/c19-13-1-2-14-15(8-17(23)21-16(14)7-13)18(24)22-5-3-11-9-20-10-12(11)4-6-22;/h1-2,7,11-12,15,20H,3-6,8-10H2,(H,21,23);1H/t11-,12+,15?;. The fraction of sp³-hybridized carbons (Fsp3) is 0.556. The molecule has 136 valence electrons. The predicted molar refractivity (Wildman–Crippen MR) is 95.3 cm³/mol. The molecule has 0 spiro atoms. The van der Waals surface area contributed by atoms with Crippen molar-refractivity contribution >= 4 is 29.9 Å². The zero-order chi connectivity index (χ0) is 16.7. The number of benzene rings is 1. The van der Waals surface area contributed by atoms with E-state index >= 15 is 0 Å². The lowest BCUT2D eigenvalue weighted by molar-refractivity contribution is -0.135. The first-order valence-electron chi connectivity index (χ1n) is 8.70. The Bertz CT molecular complexity index is 670. The second kappa shape index (κ2) is 7.30. The summed E-state index contributed by atoms with van der Waals surface area (Å²) in [5, 5.41) is 6.11. The molecule has 2 amide bonds. The largest absolute Gasteiger partial charge is 0.342 e. The highest BCUT2D eigenvalue weighted by Crippen LogP contribution is 2.35. The zero-order valence-corrected chi connectivity index (χ0v) is 14.8. The molecule has 1 aromatic carbocycles. The van der Waals surface area contributed by atoms with Gasteiger partial charge >= 0.3 is 0 Å². The van der Waals surface area contributed by atoms with E-state index in [9.17, 15) is 14.0 Å². The Morgan fingerprint density at radius 3 is 2.52 bits per heavy atom. The van der Waals surface area contributed by atoms with Gasteiger partial charge in [0, 0.05) is 25.2 Å². The van der Waals surface area contributed by atoms with E-state index in [4.69, 9.17) is 0 Å². The van der Waals surface area contributed by atoms with Crippen molar-refractivity contribution in [1.29, 1.82) is 0 Å². The summed E-state index contributed by atoms with van der Waals surface area (Å²) in [4.78, 5) is 26.9. The van der Waals surface area contributed by atoms with Crippen LogP contribution in [0.3, 0.4) is 0 Å². The number of amides is 2. The van der Waals surface area contributed by atoms with Gasteiger partial charge in [-0.25, -0.2) is 4.39 Å². The lowest BCUT2D eigenvalue weighted by Gasteiger charge is -2.30. The first-order chi connectivity index (χ1) is 11.6. The van der Waals surface area contributed by atoms with Crippen LogP contribution in [-0.2, 0) is 9.59 Å². The van der Waals surface area contributed by atoms with Crippen molar-refractivity contribution in [1.82, 2.24) is 10.2 Å². The summed E-state index contributed by atoms with van der Waals surface area (Å²) in [5.74, 6) is 0.188. The SMILES string of the molecule is Cl.O=C1CC(C(=O)N2CC[C@@H]3CNC[C@@H]3CC2)c2ccc(F)cc2N1. The van der Waals surface area contributed by atoms with Crippen LogP contribution < -0.4 is 10.6 Å². The Kier molecular flexibility index (Phi) is 5.29. The van der Waals surface area contributed by atoms with Gasteiger partial charge in [-0.2, -0.15) is 0 Å². The van der Waals surface area contributed by atoms with Crippen LogP contribution in [0.2, 0.25) is 0 Å². The molecule has 0 aromatic heterocycles. The average molecular weight is 368 g/mol. The molecule has 25 heavy (non-hydrogen) atoms. The van der Waals surface area contributed by atoms with E-state index in [1.807, 2.05) is 4.90 Å². The quantitative estimate of drug-likeness (QED) is 0.799. The number of fused-ring (bicyclic) bond motifs is 2. The number of nitrogens with zero attached hydrogens (tertiary/aromatic N) is 1. The van der Waals surface area contributed by atoms with Crippen molar-refractivity contribution in [3.63, 3.8) is 0 Å². The van der Waals surface area contributed by atoms with Gasteiger partial charge in [0.1, 0.15) is 5.82 Å². The molecule has 0 aliphatic carbocycles. The summed E-state index contributed by atoms with van der Waals surface area (Å²) >= 11 is 0. The maximum atomic E-state index is 13.4. The van der Waals surface area contributed by atoms with Crippen LogP contribution in [-0.4, -0.2) is 42.9 Å². The van der Waals surface area contributed by atoms with Crippen molar-refractivity contribution in [3.05, 3.63) is 29.6 Å². The molecule has 1 unspecified atom stereocenters. The summed E-state index contributed by atoms with van der Waals surface area (Å²) in [7, 11) is 0. The normalized spacial score (nSPS) is 28.3. The molecule has 3 aliphatic heterocycles. The summed E-state index contributed by atoms with van der Waals surface area (Å²) < 4.78 is 13.4. The minimum absolute atomic E-state index is 0. The minimum Gasteiger partial charge on any atom is -0.342 e. The molecule has 5 nitrogen and oxygen atoms in total. The highest BCUT2D eigenvalue weighted by Gasteiger charge is 2.36. The molecular weight excluding hydrogens is 345 g/mol. The van der Waals surface area contributed by atoms with E-state index in [1.165, 1.54) is 12.1 Å². The van der Waals surface area contributed by atoms with Gasteiger partial charge < -0.3 is 15.5 Å². The first kappa shape index (κ1) is 18.1. The number of rotatable bonds is 1. The molecule has 2 fully saturated rings. The molecule has 3 aliphatic rings. The van der Waals surface area contributed by atoms with Crippen molar-refractivity contribution in [2.75, 3.05) is 31.5 Å². The molecule has 4 rings (SSSR count). The van der Waals surface area contributed by atoms with Crippen LogP contribution in [0.4, 0.5) is 10.1 Å². The number of likely N-dealkylation sites (tertiary alicyclic amines) is 1. The molecule has 3 atom stereocenters. The summed E-state index contributed by atoms with van der Waals surface area (Å²) in [5.41, 5.74) is 1.16. The number of anilines is 1. The van der Waals surface area contributed by atoms with Gasteiger partial charge in [-0.1, -0.05) is 6.07 Å². The highest BCUT2D eigenvalue weighted by molar-refractivity contribution is 6.01. The van der Waals surface area contributed by atoms with Gasteiger partial charge in [0.05, 0.1) is 5.92 Å². The maximum Gasteiger partial charge on any atom is 0.230 e. The van der Waals surface area contributed by atoms with Crippen LogP contribution in [0.25, 0.3) is 0 Å². The van der Waals surface area contributed by atoms with Crippen LogP contribution in [0.1, 0.15) is 30.7 Å². The third kappa shape index (κ3) is 3.51. The molecule has 0 bridgehead atoms. The number of carbonyl (C=O) groups excluding carboxylic acids is 2. The topological polar surface area (TPSA) is 61.4 Å². The predicted octanol–water partition coefficient (Wildman–Crippen LogP) is 2.13. The van der Waals surface area contributed by atoms with Crippen molar-refractivity contribution in [3.8, 4) is 0 Å². The second-order valence-electron chi connectivity index (χ2n) is 7.12. The van der Waals surface area contributed by atoms with Gasteiger partial charge in [-0.05, 0) is 55.5 Å². The lowest BCUT2D eigenvalue weighted by Crippen LogP contribution is -2.39. The van der Waals surface area contributed by atoms with E-state index in [1.54, 1.807) is 6.07 Å². The fourth-order valence-corrected chi connectivity index (χ4v) is 4.32. The molecule has 7 heteroatoms. The van der Waals surface area contributed by atoms with E-state index in [0.29, 0.717) is 17.5 Å². The van der Waals surface area contributed by atoms with Crippen molar-refractivity contribution < 1.29 is 14.0 Å². The van der Waals surface area contributed by atoms with Gasteiger partial charge in [0.15, 0.2) is 0 Å². The van der Waals surface area contributed by atoms with E-state index < -0.39 is 11.7 Å². The lowest BCUT2D eigenvalue weighted by atomic mass is 9.89. The second-order valence-corrected chi connectivity index (χ2v) is 7.12. The van der Waals surface area contributed by atoms with Crippen LogP contribution in [0.15, 0.2) is 18.2 Å². The maximum absolute atomic E-state index is 13.4. The molecular formula is C18H23ClFN3O2. The van der Waals surface area contributed by atoms with Crippen molar-refractivity contribution in [2.45, 2.75) is 25.2 Å². The Morgan fingerprint density at radius 1 is 1.16 bits per heavy atom. The van der Waals surface area contributed by atoms with Crippen LogP contribution >= 0.6 is 12.4 Å². The van der Waals surface area contributed by atoms with Crippen LogP contribution in [0, 0.1) is 17.7 Å². The highest BCUT2D eigenvalue weighted by atomic mass is 35.5. The van der Waals surface area contributed by atoms with Crippen molar-refractivity contribution in [2.24, 2.45) is 11.8 Å². The van der Waals surface area contributed by atoms with Gasteiger partial charge in [-0.15, -0.1) is 12.4 Å². The van der Waals surface area contributed by atoms with E-state index in [0.717, 1.165) is 44.6 Å². The van der Waals surface area contributed by atoms with E-state index in [2.05, 4.69) is 10.6 Å². The minimum atomic E-state index is -0.495. The molecule has 2 N–H and O–H groups in total. The smallest absolute Gasteiger partial charge is 0.230 e. The zero-order valence-electron chi connectivity index (χ0n) is 14.0. The van der Waals surface area contributed by atoms with Gasteiger partial charge in [0.2, 0.25) is 11.8 Å². The third-order valence-electron chi connectivity index (χ3n) is 5.68. The van der Waals surface area contributed by atoms with Crippen LogP contribution in [0.5, 0.6) is 0 Å². The summed E-state index contributed by atoms with van der Waals surface area (Å²) in [6.07, 6.45) is 2.17. The van der Waals surface area contributed by atoms with Gasteiger partial charge in [-0.3, -0.25) is 9.59 Å². The molecule has 1 aromatic rings. The summed E-state index contributed by atoms with van der Waals surface area (Å²) in [6.45, 7) is 3.58. The summed E-state index contributed by atoms with van der Waals surface area (Å²) in [6, 6.07) is 4.28. The number of carbonyl (C=O) groups is 2. The molecule has 2 saturated heterocycles. The third-order valence-corrected chi connectivity index (χ3v) is 5.68. The Hall–Kier alpha value is -1.66. The molecule has 0 radical (unpaired) electrons. The molecule has 0 saturated carbocycles.